The van der Waals surface area contributed by atoms with Gasteiger partial charge in [0.2, 0.25) is 0 Å². The Bertz CT molecular complexity index is 497. The van der Waals surface area contributed by atoms with Crippen molar-refractivity contribution in [2.24, 2.45) is 13.0 Å². The molecule has 0 radical (unpaired) electrons. The molecule has 1 fully saturated rings. The summed E-state index contributed by atoms with van der Waals surface area (Å²) < 4.78 is 27.3. The van der Waals surface area contributed by atoms with E-state index in [9.17, 15) is 13.5 Å². The van der Waals surface area contributed by atoms with Crippen molar-refractivity contribution in [2.75, 3.05) is 13.1 Å². The minimum absolute atomic E-state index is 0.0433. The van der Waals surface area contributed by atoms with Crippen LogP contribution < -0.4 is 0 Å². The third-order valence-corrected chi connectivity index (χ3v) is 4.92. The van der Waals surface area contributed by atoms with E-state index in [1.165, 1.54) is 16.8 Å². The quantitative estimate of drug-likeness (QED) is 0.799. The van der Waals surface area contributed by atoms with Gasteiger partial charge in [0.15, 0.2) is 5.03 Å². The first-order valence-electron chi connectivity index (χ1n) is 5.57. The number of sulfonamides is 1. The smallest absolute Gasteiger partial charge is 0.262 e. The maximum atomic E-state index is 12.2. The maximum absolute atomic E-state index is 12.2. The highest BCUT2D eigenvalue weighted by Crippen LogP contribution is 2.22. The lowest BCUT2D eigenvalue weighted by Crippen LogP contribution is -2.45. The van der Waals surface area contributed by atoms with Crippen LogP contribution in [0.3, 0.4) is 0 Å². The monoisotopic (exact) mass is 259 g/mol. The molecule has 1 aliphatic rings. The lowest BCUT2D eigenvalue weighted by Gasteiger charge is -2.32. The van der Waals surface area contributed by atoms with Gasteiger partial charge < -0.3 is 9.67 Å². The molecule has 1 aromatic rings. The van der Waals surface area contributed by atoms with E-state index >= 15 is 0 Å². The second-order valence-electron chi connectivity index (χ2n) is 4.57. The predicted octanol–water partition coefficient (Wildman–Crippen LogP) is -0.188. The molecule has 1 N–H and O–H groups in total. The molecule has 1 saturated heterocycles. The van der Waals surface area contributed by atoms with Gasteiger partial charge in [-0.1, -0.05) is 6.92 Å². The Hall–Kier alpha value is -0.920. The van der Waals surface area contributed by atoms with Crippen LogP contribution in [0.1, 0.15) is 13.3 Å². The zero-order valence-corrected chi connectivity index (χ0v) is 10.8. The number of imidazole rings is 1. The number of aliphatic hydroxyl groups is 1. The number of β-amino-alcohol motifs (C(OH)–C–C–N with tert-alkyl or cyclic N) is 1. The Kier molecular flexibility index (Phi) is 3.24. The molecule has 0 amide bonds. The van der Waals surface area contributed by atoms with Crippen molar-refractivity contribution < 1.29 is 13.5 Å². The Balaban J connectivity index is 2.22. The molecule has 2 unspecified atom stereocenters. The highest BCUT2D eigenvalue weighted by atomic mass is 32.2. The summed E-state index contributed by atoms with van der Waals surface area (Å²) in [7, 11) is -1.83. The van der Waals surface area contributed by atoms with Crippen LogP contribution in [0.25, 0.3) is 0 Å². The minimum atomic E-state index is -3.56. The third-order valence-electron chi connectivity index (χ3n) is 3.17. The largest absolute Gasteiger partial charge is 0.391 e. The number of hydrogen-bond acceptors (Lipinski definition) is 4. The van der Waals surface area contributed by atoms with Crippen LogP contribution in [-0.4, -0.2) is 46.6 Å². The first-order valence-corrected chi connectivity index (χ1v) is 7.01. The molecule has 0 bridgehead atoms. The fourth-order valence-electron chi connectivity index (χ4n) is 1.89. The minimum Gasteiger partial charge on any atom is -0.391 e. The molecule has 6 nitrogen and oxygen atoms in total. The number of aliphatic hydroxyl groups excluding tert-OH is 1. The number of aryl methyl sites for hydroxylation is 1. The molecule has 0 saturated carbocycles. The molecule has 1 aliphatic heterocycles. The molecule has 2 rings (SSSR count). The van der Waals surface area contributed by atoms with Crippen molar-refractivity contribution in [2.45, 2.75) is 24.5 Å². The van der Waals surface area contributed by atoms with Crippen molar-refractivity contribution in [3.8, 4) is 0 Å². The highest BCUT2D eigenvalue weighted by Gasteiger charge is 2.33. The summed E-state index contributed by atoms with van der Waals surface area (Å²) in [6.07, 6.45) is 3.00. The molecule has 2 atom stereocenters. The van der Waals surface area contributed by atoms with Crippen molar-refractivity contribution in [3.63, 3.8) is 0 Å². The van der Waals surface area contributed by atoms with E-state index in [-0.39, 0.29) is 17.5 Å². The molecule has 7 heteroatoms. The zero-order chi connectivity index (χ0) is 12.6. The molecule has 96 valence electrons. The second-order valence-corrected chi connectivity index (χ2v) is 6.46. The van der Waals surface area contributed by atoms with Crippen LogP contribution in [0.2, 0.25) is 0 Å². The number of hydrogen-bond donors (Lipinski definition) is 1. The molecule has 2 heterocycles. The van der Waals surface area contributed by atoms with Crippen molar-refractivity contribution in [1.82, 2.24) is 13.9 Å². The van der Waals surface area contributed by atoms with E-state index in [2.05, 4.69) is 4.98 Å². The Labute approximate surface area is 101 Å². The van der Waals surface area contributed by atoms with Gasteiger partial charge in [-0.2, -0.15) is 4.31 Å². The molecule has 0 aromatic carbocycles. The summed E-state index contributed by atoms with van der Waals surface area (Å²) in [6.45, 7) is 2.52. The van der Waals surface area contributed by atoms with E-state index < -0.39 is 16.1 Å². The van der Waals surface area contributed by atoms with Crippen LogP contribution in [0, 0.1) is 5.92 Å². The van der Waals surface area contributed by atoms with Crippen molar-refractivity contribution >= 4 is 10.0 Å². The SMILES string of the molecule is CC1CCN(S(=O)(=O)c2cn(C)cn2)CC1O. The normalized spacial score (nSPS) is 27.2. The average Bonchev–Trinajstić information content (AvgIpc) is 2.69. The van der Waals surface area contributed by atoms with E-state index in [0.29, 0.717) is 13.0 Å². The molecular weight excluding hydrogens is 242 g/mol. The van der Waals surface area contributed by atoms with Gasteiger partial charge in [-0.3, -0.25) is 0 Å². The van der Waals surface area contributed by atoms with Crippen molar-refractivity contribution in [1.29, 1.82) is 0 Å². The summed E-state index contributed by atoms with van der Waals surface area (Å²) in [5, 5.41) is 9.78. The summed E-state index contributed by atoms with van der Waals surface area (Å²) in [6, 6.07) is 0. The van der Waals surface area contributed by atoms with Gasteiger partial charge in [0.25, 0.3) is 10.0 Å². The van der Waals surface area contributed by atoms with Gasteiger partial charge in [-0.05, 0) is 12.3 Å². The number of piperidine rings is 1. The molecule has 1 aromatic heterocycles. The summed E-state index contributed by atoms with van der Waals surface area (Å²) in [4.78, 5) is 3.86. The molecular formula is C10H17N3O3S. The fourth-order valence-corrected chi connectivity index (χ4v) is 3.33. The lowest BCUT2D eigenvalue weighted by molar-refractivity contribution is 0.0604. The number of nitrogens with zero attached hydrogens (tertiary/aromatic N) is 3. The standard InChI is InChI=1S/C10H17N3O3S/c1-8-3-4-13(5-9(8)14)17(15,16)10-6-12(2)7-11-10/h6-9,14H,3-5H2,1-2H3. The molecule has 17 heavy (non-hydrogen) atoms. The lowest BCUT2D eigenvalue weighted by atomic mass is 9.98. The Morgan fingerprint density at radius 1 is 1.53 bits per heavy atom. The Morgan fingerprint density at radius 3 is 2.76 bits per heavy atom. The summed E-state index contributed by atoms with van der Waals surface area (Å²) in [5.74, 6) is 0.144. The highest BCUT2D eigenvalue weighted by molar-refractivity contribution is 7.89. The summed E-state index contributed by atoms with van der Waals surface area (Å²) in [5.41, 5.74) is 0. The summed E-state index contributed by atoms with van der Waals surface area (Å²) >= 11 is 0. The number of rotatable bonds is 2. The second kappa shape index (κ2) is 4.40. The maximum Gasteiger partial charge on any atom is 0.262 e. The van der Waals surface area contributed by atoms with Crippen molar-refractivity contribution in [3.05, 3.63) is 12.5 Å². The first-order chi connectivity index (χ1) is 7.91. The third kappa shape index (κ3) is 2.36. The fraction of sp³-hybridized carbons (Fsp3) is 0.700. The van der Waals surface area contributed by atoms with Crippen LogP contribution in [0.4, 0.5) is 0 Å². The molecule has 0 spiro atoms. The molecule has 0 aliphatic carbocycles. The van der Waals surface area contributed by atoms with Gasteiger partial charge in [0.1, 0.15) is 0 Å². The van der Waals surface area contributed by atoms with E-state index in [1.807, 2.05) is 6.92 Å². The van der Waals surface area contributed by atoms with Gasteiger partial charge in [-0.25, -0.2) is 13.4 Å². The van der Waals surface area contributed by atoms with Crippen LogP contribution in [0.5, 0.6) is 0 Å². The van der Waals surface area contributed by atoms with Gasteiger partial charge in [0, 0.05) is 26.3 Å². The van der Waals surface area contributed by atoms with E-state index in [1.54, 1.807) is 11.6 Å². The predicted molar refractivity (Wildman–Crippen MR) is 61.8 cm³/mol. The Morgan fingerprint density at radius 2 is 2.24 bits per heavy atom. The van der Waals surface area contributed by atoms with Gasteiger partial charge in [0.05, 0.1) is 12.4 Å². The van der Waals surface area contributed by atoms with E-state index in [0.717, 1.165) is 0 Å². The van der Waals surface area contributed by atoms with Gasteiger partial charge in [-0.15, -0.1) is 0 Å². The van der Waals surface area contributed by atoms with Crippen LogP contribution in [-0.2, 0) is 17.1 Å². The van der Waals surface area contributed by atoms with Gasteiger partial charge >= 0.3 is 0 Å². The first kappa shape index (κ1) is 12.5. The van der Waals surface area contributed by atoms with Crippen LogP contribution >= 0.6 is 0 Å². The topological polar surface area (TPSA) is 75.4 Å². The number of aromatic nitrogens is 2. The van der Waals surface area contributed by atoms with E-state index in [4.69, 9.17) is 0 Å². The van der Waals surface area contributed by atoms with Crippen LogP contribution in [0.15, 0.2) is 17.6 Å². The average molecular weight is 259 g/mol. The zero-order valence-electron chi connectivity index (χ0n) is 9.94.